The number of carbonyl (C=O) groups is 1. The molecule has 1 amide bonds. The van der Waals surface area contributed by atoms with E-state index in [2.05, 4.69) is 0 Å². The van der Waals surface area contributed by atoms with Gasteiger partial charge in [-0.05, 0) is 59.9 Å². The van der Waals surface area contributed by atoms with Crippen molar-refractivity contribution in [3.05, 3.63) is 98.8 Å². The standard InChI is InChI=1S/C30H24F6N2O3/c1-37(16-17-13-20(29(31,32)33)15-21(14-17)30(34,35)36)27(39)25-24(18-8-10-22(41-2)11-9-18)23-7-3-5-19-6-4-12-38(26(19)23)28(25)40/h3,5,7-11,13-15H,4,6,12,16H2,1-2H3. The largest absolute Gasteiger partial charge is 0.497 e. The maximum absolute atomic E-state index is 13.9. The van der Waals surface area contributed by atoms with E-state index < -0.39 is 41.5 Å². The zero-order chi connectivity index (χ0) is 29.7. The first-order valence-corrected chi connectivity index (χ1v) is 12.7. The number of para-hydroxylation sites is 1. The van der Waals surface area contributed by atoms with Crippen LogP contribution in [0.3, 0.4) is 0 Å². The molecule has 5 rings (SSSR count). The second-order valence-electron chi connectivity index (χ2n) is 9.93. The highest BCUT2D eigenvalue weighted by molar-refractivity contribution is 6.09. The number of halogens is 6. The van der Waals surface area contributed by atoms with Crippen molar-refractivity contribution in [2.45, 2.75) is 38.3 Å². The summed E-state index contributed by atoms with van der Waals surface area (Å²) in [6.45, 7) is -0.229. The van der Waals surface area contributed by atoms with Gasteiger partial charge in [0, 0.05) is 31.1 Å². The van der Waals surface area contributed by atoms with Crippen LogP contribution >= 0.6 is 0 Å². The molecule has 0 saturated carbocycles. The van der Waals surface area contributed by atoms with Crippen molar-refractivity contribution in [3.8, 4) is 16.9 Å². The molecule has 1 aromatic heterocycles. The number of ether oxygens (including phenoxy) is 1. The molecule has 2 heterocycles. The van der Waals surface area contributed by atoms with Crippen LogP contribution in [0, 0.1) is 0 Å². The summed E-state index contributed by atoms with van der Waals surface area (Å²) in [6.07, 6.45) is -8.65. The molecule has 3 aromatic carbocycles. The normalized spacial score (nSPS) is 13.4. The average molecular weight is 575 g/mol. The summed E-state index contributed by atoms with van der Waals surface area (Å²) < 4.78 is 87.2. The topological polar surface area (TPSA) is 51.5 Å². The zero-order valence-electron chi connectivity index (χ0n) is 22.0. The van der Waals surface area contributed by atoms with E-state index in [1.165, 1.54) is 18.7 Å². The van der Waals surface area contributed by atoms with Gasteiger partial charge in [0.15, 0.2) is 0 Å². The molecule has 214 valence electrons. The summed E-state index contributed by atoms with van der Waals surface area (Å²) in [7, 11) is 2.73. The van der Waals surface area contributed by atoms with Crippen LogP contribution in [-0.4, -0.2) is 29.5 Å². The number of methoxy groups -OCH3 is 1. The molecule has 5 nitrogen and oxygen atoms in total. The molecule has 4 aromatic rings. The Morgan fingerprint density at radius 3 is 2.17 bits per heavy atom. The molecule has 0 unspecified atom stereocenters. The van der Waals surface area contributed by atoms with Crippen molar-refractivity contribution < 1.29 is 35.9 Å². The Balaban J connectivity index is 1.66. The number of pyridine rings is 1. The zero-order valence-corrected chi connectivity index (χ0v) is 22.0. The molecule has 0 radical (unpaired) electrons. The van der Waals surface area contributed by atoms with Crippen molar-refractivity contribution in [3.63, 3.8) is 0 Å². The molecule has 1 aliphatic rings. The van der Waals surface area contributed by atoms with Gasteiger partial charge in [0.25, 0.3) is 11.5 Å². The van der Waals surface area contributed by atoms with Crippen LogP contribution in [-0.2, 0) is 31.9 Å². The molecule has 0 saturated heterocycles. The Hall–Kier alpha value is -4.28. The summed E-state index contributed by atoms with van der Waals surface area (Å²) >= 11 is 0. The molecule has 0 spiro atoms. The Morgan fingerprint density at radius 2 is 1.59 bits per heavy atom. The fourth-order valence-corrected chi connectivity index (χ4v) is 5.34. The first-order valence-electron chi connectivity index (χ1n) is 12.7. The number of aryl methyl sites for hydroxylation is 2. The predicted molar refractivity (Wildman–Crippen MR) is 141 cm³/mol. The van der Waals surface area contributed by atoms with Gasteiger partial charge in [-0.2, -0.15) is 26.3 Å². The minimum absolute atomic E-state index is 0.0329. The molecule has 1 aliphatic heterocycles. The van der Waals surface area contributed by atoms with Gasteiger partial charge >= 0.3 is 12.4 Å². The summed E-state index contributed by atoms with van der Waals surface area (Å²) in [5.41, 5.74) is -1.62. The average Bonchev–Trinajstić information content (AvgIpc) is 2.93. The number of hydrogen-bond donors (Lipinski definition) is 0. The van der Waals surface area contributed by atoms with Gasteiger partial charge in [0.2, 0.25) is 0 Å². The number of carbonyl (C=O) groups excluding carboxylic acids is 1. The number of benzene rings is 3. The smallest absolute Gasteiger partial charge is 0.416 e. The minimum atomic E-state index is -5.03. The number of alkyl halides is 6. The van der Waals surface area contributed by atoms with Crippen LogP contribution < -0.4 is 10.3 Å². The molecule has 0 fully saturated rings. The van der Waals surface area contributed by atoms with Crippen LogP contribution in [0.4, 0.5) is 26.3 Å². The Morgan fingerprint density at radius 1 is 0.951 bits per heavy atom. The summed E-state index contributed by atoms with van der Waals surface area (Å²) in [5.74, 6) is -0.281. The first kappa shape index (κ1) is 28.3. The monoisotopic (exact) mass is 574 g/mol. The molecule has 0 N–H and O–H groups in total. The lowest BCUT2D eigenvalue weighted by atomic mass is 9.91. The molecular weight excluding hydrogens is 550 g/mol. The van der Waals surface area contributed by atoms with Crippen LogP contribution in [0.2, 0.25) is 0 Å². The highest BCUT2D eigenvalue weighted by Crippen LogP contribution is 2.38. The van der Waals surface area contributed by atoms with Crippen molar-refractivity contribution in [2.75, 3.05) is 14.2 Å². The van der Waals surface area contributed by atoms with Crippen LogP contribution in [0.25, 0.3) is 22.0 Å². The van der Waals surface area contributed by atoms with Gasteiger partial charge in [0.05, 0.1) is 23.8 Å². The SMILES string of the molecule is COc1ccc(-c2c(C(=O)N(C)Cc3cc(C(F)(F)F)cc(C(F)(F)F)c3)c(=O)n3c4c(cccc24)CCC3)cc1. The lowest BCUT2D eigenvalue weighted by molar-refractivity contribution is -0.143. The third-order valence-corrected chi connectivity index (χ3v) is 7.20. The van der Waals surface area contributed by atoms with Crippen LogP contribution in [0.1, 0.15) is 39.0 Å². The number of hydrogen-bond acceptors (Lipinski definition) is 3. The molecule has 0 bridgehead atoms. The number of nitrogens with zero attached hydrogens (tertiary/aromatic N) is 2. The molecule has 0 aliphatic carbocycles. The van der Waals surface area contributed by atoms with E-state index in [0.717, 1.165) is 16.9 Å². The van der Waals surface area contributed by atoms with Crippen LogP contribution in [0.15, 0.2) is 65.5 Å². The number of aromatic nitrogens is 1. The van der Waals surface area contributed by atoms with Gasteiger partial charge < -0.3 is 14.2 Å². The second kappa shape index (κ2) is 10.3. The van der Waals surface area contributed by atoms with Crippen LogP contribution in [0.5, 0.6) is 5.75 Å². The lowest BCUT2D eigenvalue weighted by Gasteiger charge is -2.25. The molecule has 41 heavy (non-hydrogen) atoms. The van der Waals surface area contributed by atoms with Crippen molar-refractivity contribution in [1.29, 1.82) is 0 Å². The number of rotatable bonds is 5. The highest BCUT2D eigenvalue weighted by Gasteiger charge is 2.37. The lowest BCUT2D eigenvalue weighted by Crippen LogP contribution is -2.36. The van der Waals surface area contributed by atoms with E-state index in [9.17, 15) is 35.9 Å². The minimum Gasteiger partial charge on any atom is -0.497 e. The van der Waals surface area contributed by atoms with Crippen molar-refractivity contribution >= 4 is 16.8 Å². The third kappa shape index (κ3) is 5.28. The second-order valence-corrected chi connectivity index (χ2v) is 9.93. The molecule has 11 heteroatoms. The fraction of sp³-hybridized carbons (Fsp3) is 0.267. The van der Waals surface area contributed by atoms with Crippen molar-refractivity contribution in [1.82, 2.24) is 9.47 Å². The molecular formula is C30H24F6N2O3. The predicted octanol–water partition coefficient (Wildman–Crippen LogP) is 6.93. The van der Waals surface area contributed by atoms with E-state index in [1.54, 1.807) is 30.3 Å². The molecule has 0 atom stereocenters. The maximum atomic E-state index is 13.9. The maximum Gasteiger partial charge on any atom is 0.416 e. The summed E-state index contributed by atoms with van der Waals surface area (Å²) in [4.78, 5) is 28.8. The van der Waals surface area contributed by atoms with Gasteiger partial charge in [-0.25, -0.2) is 0 Å². The van der Waals surface area contributed by atoms with E-state index in [4.69, 9.17) is 4.74 Å². The van der Waals surface area contributed by atoms with E-state index in [1.807, 2.05) is 12.1 Å². The van der Waals surface area contributed by atoms with Gasteiger partial charge in [-0.1, -0.05) is 30.3 Å². The Kier molecular flexibility index (Phi) is 7.08. The quantitative estimate of drug-likeness (QED) is 0.243. The van der Waals surface area contributed by atoms with E-state index in [0.29, 0.717) is 52.9 Å². The van der Waals surface area contributed by atoms with Crippen molar-refractivity contribution in [2.24, 2.45) is 0 Å². The number of amides is 1. The van der Waals surface area contributed by atoms with Gasteiger partial charge in [0.1, 0.15) is 11.3 Å². The van der Waals surface area contributed by atoms with Gasteiger partial charge in [-0.3, -0.25) is 9.59 Å². The van der Waals surface area contributed by atoms with E-state index >= 15 is 0 Å². The summed E-state index contributed by atoms with van der Waals surface area (Å²) in [5, 5.41) is 0.641. The highest BCUT2D eigenvalue weighted by atomic mass is 19.4. The fourth-order valence-electron chi connectivity index (χ4n) is 5.34. The Bertz CT molecular complexity index is 1670. The third-order valence-electron chi connectivity index (χ3n) is 7.20. The van der Waals surface area contributed by atoms with Gasteiger partial charge in [-0.15, -0.1) is 0 Å². The van der Waals surface area contributed by atoms with E-state index in [-0.39, 0.29) is 17.2 Å². The Labute approximate surface area is 230 Å². The first-order chi connectivity index (χ1) is 19.3. The summed E-state index contributed by atoms with van der Waals surface area (Å²) in [6, 6.07) is 13.4.